The smallest absolute Gasteiger partial charge is 0.236 e. The quantitative estimate of drug-likeness (QED) is 0.778. The second kappa shape index (κ2) is 10.6. The Balaban J connectivity index is 0.00000156. The van der Waals surface area contributed by atoms with E-state index in [1.165, 1.54) is 0 Å². The van der Waals surface area contributed by atoms with E-state index < -0.39 is 0 Å². The first kappa shape index (κ1) is 22.5. The van der Waals surface area contributed by atoms with Gasteiger partial charge >= 0.3 is 0 Å². The first-order valence-electron chi connectivity index (χ1n) is 9.18. The van der Waals surface area contributed by atoms with Crippen molar-refractivity contribution in [3.05, 3.63) is 0 Å². The van der Waals surface area contributed by atoms with Gasteiger partial charge in [-0.15, -0.1) is 24.8 Å². The minimum absolute atomic E-state index is 0. The molecule has 0 aromatic carbocycles. The number of likely N-dealkylation sites (tertiary alicyclic amines) is 1. The fraction of sp³-hybridized carbons (Fsp3) is 0.882. The van der Waals surface area contributed by atoms with Crippen LogP contribution in [0.3, 0.4) is 0 Å². The van der Waals surface area contributed by atoms with Gasteiger partial charge in [0, 0.05) is 51.2 Å². The Kier molecular flexibility index (Phi) is 9.49. The molecule has 1 aliphatic carbocycles. The van der Waals surface area contributed by atoms with Crippen LogP contribution in [-0.4, -0.2) is 78.4 Å². The molecule has 2 saturated heterocycles. The number of carbonyl (C=O) groups is 2. The Bertz CT molecular complexity index is 446. The van der Waals surface area contributed by atoms with Gasteiger partial charge in [-0.25, -0.2) is 0 Å². The Labute approximate surface area is 163 Å². The maximum absolute atomic E-state index is 12.6. The van der Waals surface area contributed by atoms with Crippen LogP contribution in [0.4, 0.5) is 0 Å². The lowest BCUT2D eigenvalue weighted by atomic mass is 10.1. The molecule has 2 unspecified atom stereocenters. The van der Waals surface area contributed by atoms with Crippen LogP contribution < -0.4 is 5.73 Å². The van der Waals surface area contributed by atoms with Crippen molar-refractivity contribution in [3.8, 4) is 0 Å². The highest BCUT2D eigenvalue weighted by Gasteiger charge is 2.32. The SMILES string of the molecule is Cl.Cl.NC1CCC(C(=O)N2CCCN(CC(=O)N3CCCC3)CC2)C1. The van der Waals surface area contributed by atoms with Crippen molar-refractivity contribution >= 4 is 36.6 Å². The lowest BCUT2D eigenvalue weighted by Gasteiger charge is -2.25. The number of nitrogens with two attached hydrogens (primary N) is 1. The van der Waals surface area contributed by atoms with Gasteiger partial charge in [-0.1, -0.05) is 0 Å². The Morgan fingerprint density at radius 3 is 2.16 bits per heavy atom. The third-order valence-corrected chi connectivity index (χ3v) is 5.54. The van der Waals surface area contributed by atoms with Gasteiger partial charge in [0.1, 0.15) is 0 Å². The summed E-state index contributed by atoms with van der Waals surface area (Å²) in [6, 6.07) is 0.200. The molecule has 2 N–H and O–H groups in total. The maximum atomic E-state index is 12.6. The van der Waals surface area contributed by atoms with Crippen molar-refractivity contribution in [3.63, 3.8) is 0 Å². The molecule has 2 atom stereocenters. The monoisotopic (exact) mass is 394 g/mol. The number of rotatable bonds is 3. The standard InChI is InChI=1S/C17H30N4O2.2ClH/c18-15-5-4-14(12-15)17(23)21-9-3-6-19(10-11-21)13-16(22)20-7-1-2-8-20;;/h14-15H,1-13,18H2;2*1H. The Morgan fingerprint density at radius 1 is 0.840 bits per heavy atom. The van der Waals surface area contributed by atoms with E-state index in [2.05, 4.69) is 4.90 Å². The fourth-order valence-electron chi connectivity index (χ4n) is 4.11. The molecule has 2 amide bonds. The molecule has 0 radical (unpaired) electrons. The zero-order valence-electron chi connectivity index (χ0n) is 14.9. The van der Waals surface area contributed by atoms with Crippen LogP contribution in [0.5, 0.6) is 0 Å². The Morgan fingerprint density at radius 2 is 1.52 bits per heavy atom. The van der Waals surface area contributed by atoms with E-state index in [1.807, 2.05) is 9.80 Å². The fourth-order valence-corrected chi connectivity index (χ4v) is 4.11. The molecule has 0 bridgehead atoms. The van der Waals surface area contributed by atoms with Crippen LogP contribution in [0.15, 0.2) is 0 Å². The van der Waals surface area contributed by atoms with Gasteiger partial charge in [-0.2, -0.15) is 0 Å². The van der Waals surface area contributed by atoms with Crippen LogP contribution in [0.25, 0.3) is 0 Å². The van der Waals surface area contributed by atoms with E-state index in [-0.39, 0.29) is 48.6 Å². The predicted molar refractivity (Wildman–Crippen MR) is 103 cm³/mol. The molecule has 146 valence electrons. The largest absolute Gasteiger partial charge is 0.342 e. The number of amides is 2. The molecule has 25 heavy (non-hydrogen) atoms. The third-order valence-electron chi connectivity index (χ3n) is 5.54. The average molecular weight is 395 g/mol. The highest BCUT2D eigenvalue weighted by Crippen LogP contribution is 2.26. The minimum Gasteiger partial charge on any atom is -0.342 e. The van der Waals surface area contributed by atoms with Gasteiger partial charge in [0.25, 0.3) is 0 Å². The maximum Gasteiger partial charge on any atom is 0.236 e. The number of carbonyl (C=O) groups excluding carboxylic acids is 2. The van der Waals surface area contributed by atoms with Gasteiger partial charge in [0.2, 0.25) is 11.8 Å². The van der Waals surface area contributed by atoms with E-state index in [4.69, 9.17) is 5.73 Å². The Hall–Kier alpha value is -0.560. The second-order valence-corrected chi connectivity index (χ2v) is 7.31. The van der Waals surface area contributed by atoms with Crippen molar-refractivity contribution in [2.75, 3.05) is 45.8 Å². The van der Waals surface area contributed by atoms with Gasteiger partial charge in [0.05, 0.1) is 6.54 Å². The lowest BCUT2D eigenvalue weighted by Crippen LogP contribution is -2.42. The molecular weight excluding hydrogens is 363 g/mol. The normalized spacial score (nSPS) is 27.4. The zero-order valence-corrected chi connectivity index (χ0v) is 16.5. The summed E-state index contributed by atoms with van der Waals surface area (Å²) in [7, 11) is 0. The van der Waals surface area contributed by atoms with Crippen LogP contribution >= 0.6 is 24.8 Å². The first-order chi connectivity index (χ1) is 11.1. The molecule has 0 aromatic heterocycles. The summed E-state index contributed by atoms with van der Waals surface area (Å²) < 4.78 is 0. The van der Waals surface area contributed by atoms with Gasteiger partial charge in [0.15, 0.2) is 0 Å². The summed E-state index contributed by atoms with van der Waals surface area (Å²) in [5.41, 5.74) is 5.94. The molecule has 6 nitrogen and oxygen atoms in total. The van der Waals surface area contributed by atoms with Crippen molar-refractivity contribution in [2.45, 2.75) is 44.6 Å². The summed E-state index contributed by atoms with van der Waals surface area (Å²) in [5, 5.41) is 0. The second-order valence-electron chi connectivity index (χ2n) is 7.31. The summed E-state index contributed by atoms with van der Waals surface area (Å²) in [6.07, 6.45) is 5.98. The topological polar surface area (TPSA) is 69.9 Å². The molecule has 3 rings (SSSR count). The summed E-state index contributed by atoms with van der Waals surface area (Å²) in [6.45, 7) is 5.63. The zero-order chi connectivity index (χ0) is 16.2. The lowest BCUT2D eigenvalue weighted by molar-refractivity contribution is -0.135. The first-order valence-corrected chi connectivity index (χ1v) is 9.18. The molecule has 2 aliphatic heterocycles. The summed E-state index contributed by atoms with van der Waals surface area (Å²) >= 11 is 0. The number of halogens is 2. The highest BCUT2D eigenvalue weighted by molar-refractivity contribution is 5.85. The molecule has 0 spiro atoms. The van der Waals surface area contributed by atoms with E-state index in [9.17, 15) is 9.59 Å². The average Bonchev–Trinajstić information content (AvgIpc) is 3.16. The highest BCUT2D eigenvalue weighted by atomic mass is 35.5. The molecule has 1 saturated carbocycles. The van der Waals surface area contributed by atoms with Crippen LogP contribution in [-0.2, 0) is 9.59 Å². The van der Waals surface area contributed by atoms with Crippen molar-refractivity contribution in [1.82, 2.24) is 14.7 Å². The van der Waals surface area contributed by atoms with Crippen LogP contribution in [0.1, 0.15) is 38.5 Å². The summed E-state index contributed by atoms with van der Waals surface area (Å²) in [5.74, 6) is 0.664. The molecular formula is C17H32Cl2N4O2. The van der Waals surface area contributed by atoms with Crippen LogP contribution in [0.2, 0.25) is 0 Å². The summed E-state index contributed by atoms with van der Waals surface area (Å²) in [4.78, 5) is 31.1. The van der Waals surface area contributed by atoms with E-state index >= 15 is 0 Å². The van der Waals surface area contributed by atoms with Crippen LogP contribution in [0, 0.1) is 5.92 Å². The number of nitrogens with zero attached hydrogens (tertiary/aromatic N) is 3. The van der Waals surface area contributed by atoms with E-state index in [0.717, 1.165) is 77.8 Å². The van der Waals surface area contributed by atoms with Crippen molar-refractivity contribution in [1.29, 1.82) is 0 Å². The van der Waals surface area contributed by atoms with E-state index in [0.29, 0.717) is 6.54 Å². The number of hydrogen-bond acceptors (Lipinski definition) is 4. The molecule has 0 aromatic rings. The van der Waals surface area contributed by atoms with Gasteiger partial charge in [-0.3, -0.25) is 14.5 Å². The van der Waals surface area contributed by atoms with Crippen molar-refractivity contribution < 1.29 is 9.59 Å². The van der Waals surface area contributed by atoms with Gasteiger partial charge in [-0.05, 0) is 38.5 Å². The third kappa shape index (κ3) is 5.98. The molecule has 3 fully saturated rings. The van der Waals surface area contributed by atoms with Gasteiger partial charge < -0.3 is 15.5 Å². The number of hydrogen-bond donors (Lipinski definition) is 1. The molecule has 2 heterocycles. The minimum atomic E-state index is 0. The van der Waals surface area contributed by atoms with Crippen molar-refractivity contribution in [2.24, 2.45) is 11.7 Å². The molecule has 8 heteroatoms. The predicted octanol–water partition coefficient (Wildman–Crippen LogP) is 1.11. The van der Waals surface area contributed by atoms with E-state index in [1.54, 1.807) is 0 Å². The molecule has 3 aliphatic rings.